The number of nitrogens with one attached hydrogen (secondary N) is 2. The third kappa shape index (κ3) is 5.21. The summed E-state index contributed by atoms with van der Waals surface area (Å²) in [6.07, 6.45) is 4.93. The number of aromatic nitrogens is 3. The summed E-state index contributed by atoms with van der Waals surface area (Å²) in [7, 11) is 0. The van der Waals surface area contributed by atoms with Gasteiger partial charge in [0.2, 0.25) is 5.95 Å². The van der Waals surface area contributed by atoms with Crippen molar-refractivity contribution < 1.29 is 4.79 Å². The molecule has 1 saturated heterocycles. The molecule has 1 aliphatic heterocycles. The second kappa shape index (κ2) is 10.6. The Morgan fingerprint density at radius 2 is 1.89 bits per heavy atom. The number of fused-ring (bicyclic) bond motifs is 1. The molecule has 1 fully saturated rings. The van der Waals surface area contributed by atoms with Crippen molar-refractivity contribution in [3.05, 3.63) is 103 Å². The minimum absolute atomic E-state index is 0.0447. The van der Waals surface area contributed by atoms with Crippen LogP contribution in [0.3, 0.4) is 0 Å². The molecule has 1 amide bonds. The lowest BCUT2D eigenvalue weighted by molar-refractivity contribution is 0.0938. The van der Waals surface area contributed by atoms with E-state index in [1.165, 1.54) is 5.57 Å². The number of rotatable bonds is 8. The number of carbonyl (C=O) groups is 1. The smallest absolute Gasteiger partial charge is 0.251 e. The minimum atomic E-state index is -0.0447. The van der Waals surface area contributed by atoms with Gasteiger partial charge in [-0.05, 0) is 55.3 Å². The molecule has 182 valence electrons. The predicted molar refractivity (Wildman–Crippen MR) is 144 cm³/mol. The number of likely N-dealkylation sites (tertiary alicyclic amines) is 1. The number of para-hydroxylation sites is 1. The van der Waals surface area contributed by atoms with E-state index >= 15 is 0 Å². The fourth-order valence-corrected chi connectivity index (χ4v) is 4.51. The highest BCUT2D eigenvalue weighted by molar-refractivity contribution is 5.94. The van der Waals surface area contributed by atoms with Gasteiger partial charge in [0.1, 0.15) is 0 Å². The first-order valence-corrected chi connectivity index (χ1v) is 12.2. The maximum Gasteiger partial charge on any atom is 0.251 e. The molecule has 2 aromatic carbocycles. The Bertz CT molecular complexity index is 1390. The molecule has 2 N–H and O–H groups in total. The standard InChI is InChI=1S/C29H30N6O/c1-3-21(4-2)19-34-18-17-25(20-34)30-28(36)23-15-13-22(14-16-23)26-11-8-12-27-32-29(33-35(26)27)31-24-9-6-5-7-10-24/h3-16,25H,1,17-20H2,2H3,(H,30,36)(H,31,33)/b21-4+/t25-/m1/s1. The molecule has 2 aromatic heterocycles. The summed E-state index contributed by atoms with van der Waals surface area (Å²) in [6, 6.07) is 23.5. The molecule has 7 heteroatoms. The van der Waals surface area contributed by atoms with Crippen molar-refractivity contribution >= 4 is 23.2 Å². The summed E-state index contributed by atoms with van der Waals surface area (Å²) in [5.41, 5.74) is 5.40. The van der Waals surface area contributed by atoms with Gasteiger partial charge in [-0.25, -0.2) is 4.52 Å². The average Bonchev–Trinajstić information content (AvgIpc) is 3.53. The zero-order chi connectivity index (χ0) is 24.9. The zero-order valence-electron chi connectivity index (χ0n) is 20.4. The van der Waals surface area contributed by atoms with E-state index in [1.807, 2.05) is 90.3 Å². The highest BCUT2D eigenvalue weighted by Gasteiger charge is 2.24. The maximum absolute atomic E-state index is 12.9. The van der Waals surface area contributed by atoms with Crippen LogP contribution in [0.5, 0.6) is 0 Å². The van der Waals surface area contributed by atoms with Crippen LogP contribution in [0.15, 0.2) is 97.1 Å². The van der Waals surface area contributed by atoms with E-state index < -0.39 is 0 Å². The molecule has 0 unspecified atom stereocenters. The lowest BCUT2D eigenvalue weighted by Gasteiger charge is -2.17. The van der Waals surface area contributed by atoms with E-state index in [1.54, 1.807) is 0 Å². The van der Waals surface area contributed by atoms with Crippen molar-refractivity contribution in [1.29, 1.82) is 0 Å². The fraction of sp³-hybridized carbons (Fsp3) is 0.207. The van der Waals surface area contributed by atoms with Crippen LogP contribution in [0, 0.1) is 0 Å². The molecule has 1 atom stereocenters. The largest absolute Gasteiger partial charge is 0.348 e. The van der Waals surface area contributed by atoms with E-state index in [0.717, 1.165) is 48.6 Å². The zero-order valence-corrected chi connectivity index (χ0v) is 20.4. The predicted octanol–water partition coefficient (Wildman–Crippen LogP) is 5.08. The molecule has 3 heterocycles. The Morgan fingerprint density at radius 1 is 1.08 bits per heavy atom. The van der Waals surface area contributed by atoms with Crippen molar-refractivity contribution in [2.24, 2.45) is 0 Å². The third-order valence-electron chi connectivity index (χ3n) is 6.48. The topological polar surface area (TPSA) is 74.6 Å². The molecule has 0 saturated carbocycles. The van der Waals surface area contributed by atoms with Crippen LogP contribution >= 0.6 is 0 Å². The molecule has 7 nitrogen and oxygen atoms in total. The number of hydrogen-bond donors (Lipinski definition) is 2. The van der Waals surface area contributed by atoms with Crippen LogP contribution in [0.4, 0.5) is 11.6 Å². The number of amides is 1. The molecule has 0 spiro atoms. The summed E-state index contributed by atoms with van der Waals surface area (Å²) in [4.78, 5) is 19.8. The van der Waals surface area contributed by atoms with Gasteiger partial charge in [-0.15, -0.1) is 5.10 Å². The van der Waals surface area contributed by atoms with Crippen molar-refractivity contribution in [1.82, 2.24) is 24.8 Å². The first kappa shape index (κ1) is 23.5. The number of benzene rings is 2. The van der Waals surface area contributed by atoms with Crippen molar-refractivity contribution in [3.63, 3.8) is 0 Å². The Labute approximate surface area is 211 Å². The molecule has 1 aliphatic rings. The first-order chi connectivity index (χ1) is 17.6. The number of anilines is 2. The fourth-order valence-electron chi connectivity index (χ4n) is 4.51. The monoisotopic (exact) mass is 478 g/mol. The lowest BCUT2D eigenvalue weighted by Crippen LogP contribution is -2.37. The number of carbonyl (C=O) groups excluding carboxylic acids is 1. The van der Waals surface area contributed by atoms with Crippen LogP contribution < -0.4 is 10.6 Å². The van der Waals surface area contributed by atoms with Crippen LogP contribution in [0.2, 0.25) is 0 Å². The van der Waals surface area contributed by atoms with Gasteiger partial charge in [0.25, 0.3) is 5.91 Å². The van der Waals surface area contributed by atoms with Crippen molar-refractivity contribution in [2.45, 2.75) is 19.4 Å². The molecule has 0 bridgehead atoms. The minimum Gasteiger partial charge on any atom is -0.348 e. The molecule has 0 aliphatic carbocycles. The van der Waals surface area contributed by atoms with Gasteiger partial charge in [0.05, 0.1) is 5.69 Å². The van der Waals surface area contributed by atoms with Gasteiger partial charge in [0.15, 0.2) is 5.65 Å². The SMILES string of the molecule is C=C/C(=C\C)CN1CC[C@@H](NC(=O)c2ccc(-c3cccc4nc(Nc5ccccc5)nn34)cc2)C1. The first-order valence-electron chi connectivity index (χ1n) is 12.2. The van der Waals surface area contributed by atoms with E-state index in [9.17, 15) is 4.79 Å². The Hall–Kier alpha value is -4.23. The average molecular weight is 479 g/mol. The highest BCUT2D eigenvalue weighted by atomic mass is 16.1. The number of hydrogen-bond acceptors (Lipinski definition) is 5. The van der Waals surface area contributed by atoms with E-state index in [4.69, 9.17) is 0 Å². The summed E-state index contributed by atoms with van der Waals surface area (Å²) in [6.45, 7) is 8.59. The van der Waals surface area contributed by atoms with Crippen LogP contribution in [0.1, 0.15) is 23.7 Å². The summed E-state index contributed by atoms with van der Waals surface area (Å²) >= 11 is 0. The van der Waals surface area contributed by atoms with Crippen LogP contribution in [-0.4, -0.2) is 51.1 Å². The van der Waals surface area contributed by atoms with Gasteiger partial charge in [-0.1, -0.05) is 55.1 Å². The third-order valence-corrected chi connectivity index (χ3v) is 6.48. The van der Waals surface area contributed by atoms with Gasteiger partial charge >= 0.3 is 0 Å². The van der Waals surface area contributed by atoms with Gasteiger partial charge in [-0.3, -0.25) is 9.69 Å². The molecular weight excluding hydrogens is 448 g/mol. The quantitative estimate of drug-likeness (QED) is 0.346. The Kier molecular flexibility index (Phi) is 6.91. The second-order valence-electron chi connectivity index (χ2n) is 8.95. The molecule has 4 aromatic rings. The number of nitrogens with zero attached hydrogens (tertiary/aromatic N) is 4. The normalized spacial score (nSPS) is 16.2. The van der Waals surface area contributed by atoms with Gasteiger partial charge in [0, 0.05) is 42.5 Å². The summed E-state index contributed by atoms with van der Waals surface area (Å²) in [5.74, 6) is 0.488. The Morgan fingerprint density at radius 3 is 2.64 bits per heavy atom. The van der Waals surface area contributed by atoms with Crippen LogP contribution in [-0.2, 0) is 0 Å². The summed E-state index contributed by atoms with van der Waals surface area (Å²) < 4.78 is 1.82. The summed E-state index contributed by atoms with van der Waals surface area (Å²) in [5, 5.41) is 11.1. The molecule has 36 heavy (non-hydrogen) atoms. The molecule has 5 rings (SSSR count). The highest BCUT2D eigenvalue weighted by Crippen LogP contribution is 2.23. The van der Waals surface area contributed by atoms with E-state index in [0.29, 0.717) is 11.5 Å². The van der Waals surface area contributed by atoms with Gasteiger partial charge in [-0.2, -0.15) is 4.98 Å². The van der Waals surface area contributed by atoms with Crippen molar-refractivity contribution in [3.8, 4) is 11.3 Å². The van der Waals surface area contributed by atoms with E-state index in [-0.39, 0.29) is 11.9 Å². The Balaban J connectivity index is 1.26. The van der Waals surface area contributed by atoms with Gasteiger partial charge < -0.3 is 10.6 Å². The number of pyridine rings is 1. The number of allylic oxidation sites excluding steroid dienone is 1. The second-order valence-corrected chi connectivity index (χ2v) is 8.95. The lowest BCUT2D eigenvalue weighted by atomic mass is 10.1. The molecular formula is C29H30N6O. The maximum atomic E-state index is 12.9. The van der Waals surface area contributed by atoms with E-state index in [2.05, 4.69) is 38.3 Å². The van der Waals surface area contributed by atoms with Crippen LogP contribution in [0.25, 0.3) is 16.9 Å². The van der Waals surface area contributed by atoms with Crippen molar-refractivity contribution in [2.75, 3.05) is 25.0 Å². The molecule has 0 radical (unpaired) electrons.